The van der Waals surface area contributed by atoms with Crippen LogP contribution in [0, 0.1) is 9.39 Å². The summed E-state index contributed by atoms with van der Waals surface area (Å²) in [5.41, 5.74) is -1.20. The molecule has 0 bridgehead atoms. The first-order valence-electron chi connectivity index (χ1n) is 9.31. The van der Waals surface area contributed by atoms with Crippen molar-refractivity contribution in [3.05, 3.63) is 68.8 Å². The highest BCUT2D eigenvalue weighted by atomic mass is 127. The Morgan fingerprint density at radius 1 is 1.13 bits per heavy atom. The number of amides is 1. The second-order valence-electron chi connectivity index (χ2n) is 6.94. The number of carbonyl (C=O) groups is 1. The Morgan fingerprint density at radius 3 is 2.45 bits per heavy atom. The van der Waals surface area contributed by atoms with Crippen LogP contribution in [0.15, 0.2) is 42.5 Å². The maximum Gasteiger partial charge on any atom is 0.435 e. The molecule has 0 N–H and O–H groups in total. The molecule has 2 aromatic carbocycles. The van der Waals surface area contributed by atoms with Crippen molar-refractivity contribution < 1.29 is 27.1 Å². The summed E-state index contributed by atoms with van der Waals surface area (Å²) in [6.07, 6.45) is -4.50. The molecule has 0 unspecified atom stereocenters. The maximum atomic E-state index is 14.6. The molecule has 0 spiro atoms. The van der Waals surface area contributed by atoms with E-state index < -0.39 is 23.6 Å². The second kappa shape index (κ2) is 8.13. The summed E-state index contributed by atoms with van der Waals surface area (Å²) in [6.45, 7) is 0.0882. The highest BCUT2D eigenvalue weighted by molar-refractivity contribution is 14.1. The van der Waals surface area contributed by atoms with Crippen LogP contribution in [0.5, 0.6) is 5.75 Å². The fraction of sp³-hybridized carbons (Fsp3) is 0.238. The number of halogens is 5. The third-order valence-corrected chi connectivity index (χ3v) is 5.70. The number of methoxy groups -OCH3 is 1. The van der Waals surface area contributed by atoms with Crippen LogP contribution in [-0.2, 0) is 12.6 Å². The lowest BCUT2D eigenvalue weighted by Gasteiger charge is -2.22. The molecule has 10 heteroatoms. The topological polar surface area (TPSA) is 47.4 Å². The Kier molecular flexibility index (Phi) is 5.67. The van der Waals surface area contributed by atoms with Gasteiger partial charge in [-0.3, -0.25) is 4.79 Å². The van der Waals surface area contributed by atoms with Gasteiger partial charge in [0.05, 0.1) is 18.5 Å². The summed E-state index contributed by atoms with van der Waals surface area (Å²) >= 11 is 1.94. The van der Waals surface area contributed by atoms with E-state index in [2.05, 4.69) is 5.10 Å². The standard InChI is InChI=1S/C21H16F4IN3O2/c1-31-14-7-5-13(6-8-14)29-18-15(19(27-29)21(23,24)25)3-2-10-28(20(18)30)17-9-4-12(26)11-16(17)22/h4-9,11H,2-3,10H2,1H3. The van der Waals surface area contributed by atoms with Crippen LogP contribution in [0.1, 0.15) is 28.2 Å². The molecule has 1 aliphatic heterocycles. The highest BCUT2D eigenvalue weighted by Gasteiger charge is 2.42. The third kappa shape index (κ3) is 4.00. The van der Waals surface area contributed by atoms with Gasteiger partial charge in [0.1, 0.15) is 17.3 Å². The number of aromatic nitrogens is 2. The SMILES string of the molecule is COc1ccc(-n2nc(C(F)(F)F)c3c2C(=O)N(c2ccc(I)cc2F)CCC3)cc1. The number of anilines is 1. The Morgan fingerprint density at radius 2 is 1.84 bits per heavy atom. The van der Waals surface area contributed by atoms with Crippen molar-refractivity contribution >= 4 is 34.2 Å². The Bertz CT molecular complexity index is 1140. The number of nitrogens with zero attached hydrogens (tertiary/aromatic N) is 3. The van der Waals surface area contributed by atoms with Crippen LogP contribution in [0.4, 0.5) is 23.2 Å². The lowest BCUT2D eigenvalue weighted by Crippen LogP contribution is -2.33. The molecular formula is C21H16F4IN3O2. The lowest BCUT2D eigenvalue weighted by atomic mass is 10.1. The van der Waals surface area contributed by atoms with Crippen molar-refractivity contribution in [3.8, 4) is 11.4 Å². The van der Waals surface area contributed by atoms with Gasteiger partial charge in [-0.1, -0.05) is 0 Å². The molecule has 0 radical (unpaired) electrons. The molecule has 162 valence electrons. The Labute approximate surface area is 188 Å². The number of benzene rings is 2. The summed E-state index contributed by atoms with van der Waals surface area (Å²) in [5, 5.41) is 3.75. The van der Waals surface area contributed by atoms with Gasteiger partial charge in [-0.05, 0) is 77.9 Å². The molecule has 4 rings (SSSR count). The zero-order valence-corrected chi connectivity index (χ0v) is 18.4. The number of hydrogen-bond acceptors (Lipinski definition) is 3. The minimum atomic E-state index is -4.73. The molecule has 1 aromatic heterocycles. The fourth-order valence-electron chi connectivity index (χ4n) is 3.62. The predicted octanol–water partition coefficient (Wildman–Crippen LogP) is 5.24. The third-order valence-electron chi connectivity index (χ3n) is 5.03. The van der Waals surface area contributed by atoms with Crippen molar-refractivity contribution in [2.45, 2.75) is 19.0 Å². The van der Waals surface area contributed by atoms with Crippen LogP contribution < -0.4 is 9.64 Å². The Balaban J connectivity index is 1.90. The number of ether oxygens (including phenoxy) is 1. The van der Waals surface area contributed by atoms with Crippen molar-refractivity contribution in [1.82, 2.24) is 9.78 Å². The van der Waals surface area contributed by atoms with Gasteiger partial charge in [0.15, 0.2) is 5.69 Å². The lowest BCUT2D eigenvalue weighted by molar-refractivity contribution is -0.141. The molecule has 0 aliphatic carbocycles. The van der Waals surface area contributed by atoms with E-state index >= 15 is 0 Å². The molecule has 0 saturated heterocycles. The van der Waals surface area contributed by atoms with Gasteiger partial charge < -0.3 is 9.64 Å². The van der Waals surface area contributed by atoms with E-state index in [1.165, 1.54) is 36.3 Å². The summed E-state index contributed by atoms with van der Waals surface area (Å²) in [4.78, 5) is 14.6. The first-order valence-corrected chi connectivity index (χ1v) is 10.4. The molecule has 1 aliphatic rings. The average Bonchev–Trinajstić information content (AvgIpc) is 3.03. The van der Waals surface area contributed by atoms with Gasteiger partial charge in [-0.25, -0.2) is 9.07 Å². The zero-order valence-electron chi connectivity index (χ0n) is 16.2. The number of alkyl halides is 3. The first-order chi connectivity index (χ1) is 14.7. The van der Waals surface area contributed by atoms with E-state index in [9.17, 15) is 22.4 Å². The van der Waals surface area contributed by atoms with Crippen molar-refractivity contribution in [3.63, 3.8) is 0 Å². The summed E-state index contributed by atoms with van der Waals surface area (Å²) in [7, 11) is 1.47. The van der Waals surface area contributed by atoms with Crippen LogP contribution in [0.3, 0.4) is 0 Å². The van der Waals surface area contributed by atoms with Crippen molar-refractivity contribution in [2.75, 3.05) is 18.6 Å². The maximum absolute atomic E-state index is 14.6. The summed E-state index contributed by atoms with van der Waals surface area (Å²) in [6, 6.07) is 10.5. The van der Waals surface area contributed by atoms with Gasteiger partial charge in [-0.15, -0.1) is 0 Å². The Hall–Kier alpha value is -2.63. The first kappa shape index (κ1) is 21.6. The average molecular weight is 545 g/mol. The largest absolute Gasteiger partial charge is 0.497 e. The molecule has 2 heterocycles. The molecule has 3 aromatic rings. The van der Waals surface area contributed by atoms with Crippen molar-refractivity contribution in [2.24, 2.45) is 0 Å². The molecule has 1 amide bonds. The quantitative estimate of drug-likeness (QED) is 0.335. The molecule has 5 nitrogen and oxygen atoms in total. The molecule has 0 saturated carbocycles. The van der Waals surface area contributed by atoms with E-state index in [0.29, 0.717) is 9.32 Å². The van der Waals surface area contributed by atoms with Gasteiger partial charge in [0.2, 0.25) is 0 Å². The fourth-order valence-corrected chi connectivity index (χ4v) is 4.07. The zero-order chi connectivity index (χ0) is 22.3. The minimum absolute atomic E-state index is 0.00540. The smallest absolute Gasteiger partial charge is 0.435 e. The van der Waals surface area contributed by atoms with Crippen LogP contribution in [0.25, 0.3) is 5.69 Å². The van der Waals surface area contributed by atoms with Gasteiger partial charge in [0, 0.05) is 15.7 Å². The van der Waals surface area contributed by atoms with Crippen molar-refractivity contribution in [1.29, 1.82) is 0 Å². The highest BCUT2D eigenvalue weighted by Crippen LogP contribution is 2.37. The molecule has 0 atom stereocenters. The second-order valence-corrected chi connectivity index (χ2v) is 8.19. The molecule has 31 heavy (non-hydrogen) atoms. The normalized spacial score (nSPS) is 14.4. The van der Waals surface area contributed by atoms with E-state index in [0.717, 1.165) is 4.68 Å². The minimum Gasteiger partial charge on any atom is -0.497 e. The summed E-state index contributed by atoms with van der Waals surface area (Å²) in [5.74, 6) is -0.839. The van der Waals surface area contributed by atoms with Gasteiger partial charge in [-0.2, -0.15) is 18.3 Å². The molecular weight excluding hydrogens is 529 g/mol. The van der Waals surface area contributed by atoms with Crippen LogP contribution >= 0.6 is 22.6 Å². The predicted molar refractivity (Wildman–Crippen MR) is 114 cm³/mol. The van der Waals surface area contributed by atoms with Gasteiger partial charge >= 0.3 is 6.18 Å². The van der Waals surface area contributed by atoms with Crippen LogP contribution in [-0.4, -0.2) is 29.3 Å². The summed E-state index contributed by atoms with van der Waals surface area (Å²) < 4.78 is 62.5. The number of rotatable bonds is 3. The number of hydrogen-bond donors (Lipinski definition) is 0. The van der Waals surface area contributed by atoms with E-state index in [1.54, 1.807) is 18.2 Å². The van der Waals surface area contributed by atoms with E-state index in [4.69, 9.17) is 4.74 Å². The van der Waals surface area contributed by atoms with E-state index in [1.807, 2.05) is 22.6 Å². The number of carbonyl (C=O) groups excluding carboxylic acids is 1. The van der Waals surface area contributed by atoms with Gasteiger partial charge in [0.25, 0.3) is 5.91 Å². The van der Waals surface area contributed by atoms with E-state index in [-0.39, 0.29) is 42.0 Å². The molecule has 0 fully saturated rings. The van der Waals surface area contributed by atoms with Crippen LogP contribution in [0.2, 0.25) is 0 Å². The number of fused-ring (bicyclic) bond motifs is 1. The monoisotopic (exact) mass is 545 g/mol.